The number of rotatable bonds is 16. The van der Waals surface area contributed by atoms with Crippen molar-refractivity contribution < 1.29 is 22.7 Å². The van der Waals surface area contributed by atoms with Gasteiger partial charge in [0, 0.05) is 36.9 Å². The van der Waals surface area contributed by atoms with E-state index in [0.717, 1.165) is 28.3 Å². The van der Waals surface area contributed by atoms with Crippen LogP contribution < -0.4 is 14.4 Å². The quantitative estimate of drug-likeness (QED) is 0.218. The van der Waals surface area contributed by atoms with Crippen molar-refractivity contribution in [3.63, 3.8) is 0 Å². The Hall–Kier alpha value is -3.37. The fraction of sp³-hybridized carbons (Fsp3) is 0.375. The molecule has 10 heteroatoms. The number of hydrogen-bond acceptors (Lipinski definition) is 5. The molecule has 42 heavy (non-hydrogen) atoms. The van der Waals surface area contributed by atoms with Crippen molar-refractivity contribution in [2.45, 2.75) is 52.1 Å². The molecule has 1 atom stereocenters. The number of ether oxygens (including phenoxy) is 1. The first-order valence-corrected chi connectivity index (χ1v) is 16.8. The summed E-state index contributed by atoms with van der Waals surface area (Å²) in [6, 6.07) is 23.4. The second-order valence-electron chi connectivity index (χ2n) is 10.0. The minimum atomic E-state index is -3.60. The van der Waals surface area contributed by atoms with E-state index in [1.54, 1.807) is 29.2 Å². The number of nitrogens with zero attached hydrogens (tertiary/aromatic N) is 2. The number of carbonyl (C=O) groups is 2. The third-order valence-electron chi connectivity index (χ3n) is 6.65. The molecular weight excluding hydrogens is 618 g/mol. The fourth-order valence-electron chi connectivity index (χ4n) is 4.63. The standard InChI is InChI=1S/C32H40BrN3O5S/c1-4-20-34-32(38)30(23-25-11-7-6-8-12-25)35(24-26-13-9-14-27(33)22-26)31(37)15-10-21-36(42(3,39)40)28-16-18-29(19-17-28)41-5-2/h6-9,11-14,16-19,22,30H,4-5,10,15,20-21,23-24H2,1-3H3,(H,34,38)/t30-/m0/s1. The molecule has 0 aromatic heterocycles. The molecule has 0 bridgehead atoms. The van der Waals surface area contributed by atoms with Gasteiger partial charge in [0.1, 0.15) is 11.8 Å². The molecule has 1 N–H and O–H groups in total. The lowest BCUT2D eigenvalue weighted by Gasteiger charge is -2.32. The topological polar surface area (TPSA) is 96.0 Å². The van der Waals surface area contributed by atoms with Crippen molar-refractivity contribution in [1.29, 1.82) is 0 Å². The average molecular weight is 659 g/mol. The third-order valence-corrected chi connectivity index (χ3v) is 8.34. The number of anilines is 1. The summed E-state index contributed by atoms with van der Waals surface area (Å²) < 4.78 is 33.0. The summed E-state index contributed by atoms with van der Waals surface area (Å²) in [7, 11) is -3.60. The molecule has 0 unspecified atom stereocenters. The van der Waals surface area contributed by atoms with Gasteiger partial charge in [-0.15, -0.1) is 0 Å². The van der Waals surface area contributed by atoms with Gasteiger partial charge in [0.05, 0.1) is 18.6 Å². The summed E-state index contributed by atoms with van der Waals surface area (Å²) in [6.45, 7) is 5.24. The van der Waals surface area contributed by atoms with Gasteiger partial charge in [0.25, 0.3) is 0 Å². The van der Waals surface area contributed by atoms with E-state index in [4.69, 9.17) is 4.74 Å². The molecular formula is C32H40BrN3O5S. The molecule has 0 radical (unpaired) electrons. The minimum Gasteiger partial charge on any atom is -0.494 e. The van der Waals surface area contributed by atoms with Crippen LogP contribution in [0.4, 0.5) is 5.69 Å². The van der Waals surface area contributed by atoms with Crippen LogP contribution in [0.1, 0.15) is 44.2 Å². The van der Waals surface area contributed by atoms with Gasteiger partial charge >= 0.3 is 0 Å². The monoisotopic (exact) mass is 657 g/mol. The highest BCUT2D eigenvalue weighted by atomic mass is 79.9. The van der Waals surface area contributed by atoms with Crippen LogP contribution in [0.3, 0.4) is 0 Å². The lowest BCUT2D eigenvalue weighted by Crippen LogP contribution is -2.50. The zero-order valence-electron chi connectivity index (χ0n) is 24.5. The van der Waals surface area contributed by atoms with Crippen molar-refractivity contribution >= 4 is 43.5 Å². The lowest BCUT2D eigenvalue weighted by atomic mass is 10.0. The highest BCUT2D eigenvalue weighted by molar-refractivity contribution is 9.10. The highest BCUT2D eigenvalue weighted by Crippen LogP contribution is 2.23. The molecule has 2 amide bonds. The van der Waals surface area contributed by atoms with Crippen LogP contribution >= 0.6 is 15.9 Å². The molecule has 0 aliphatic rings. The number of amides is 2. The first-order valence-electron chi connectivity index (χ1n) is 14.2. The lowest BCUT2D eigenvalue weighted by molar-refractivity contribution is -0.141. The van der Waals surface area contributed by atoms with E-state index in [2.05, 4.69) is 21.2 Å². The van der Waals surface area contributed by atoms with Crippen LogP contribution in [0.2, 0.25) is 0 Å². The van der Waals surface area contributed by atoms with Crippen molar-refractivity contribution in [1.82, 2.24) is 10.2 Å². The van der Waals surface area contributed by atoms with Gasteiger partial charge in [-0.2, -0.15) is 0 Å². The summed E-state index contributed by atoms with van der Waals surface area (Å²) in [5, 5.41) is 2.97. The fourth-order valence-corrected chi connectivity index (χ4v) is 6.04. The maximum atomic E-state index is 13.9. The number of halogens is 1. The number of carbonyl (C=O) groups excluding carboxylic acids is 2. The van der Waals surface area contributed by atoms with Gasteiger partial charge < -0.3 is 15.0 Å². The second kappa shape index (κ2) is 16.3. The van der Waals surface area contributed by atoms with Crippen LogP contribution in [0.25, 0.3) is 0 Å². The Labute approximate surface area is 258 Å². The Bertz CT molecular complexity index is 1400. The Balaban J connectivity index is 1.85. The molecule has 8 nitrogen and oxygen atoms in total. The van der Waals surface area contributed by atoms with Gasteiger partial charge in [0.2, 0.25) is 21.8 Å². The molecule has 0 saturated carbocycles. The van der Waals surface area contributed by atoms with E-state index in [9.17, 15) is 18.0 Å². The Morgan fingerprint density at radius 2 is 1.64 bits per heavy atom. The Kier molecular flexibility index (Phi) is 12.9. The molecule has 3 rings (SSSR count). The van der Waals surface area contributed by atoms with Crippen LogP contribution in [0.5, 0.6) is 5.75 Å². The molecule has 0 saturated heterocycles. The molecule has 3 aromatic rings. The molecule has 226 valence electrons. The van der Waals surface area contributed by atoms with Gasteiger partial charge in [-0.1, -0.05) is 65.3 Å². The Morgan fingerprint density at radius 1 is 0.952 bits per heavy atom. The number of nitrogens with one attached hydrogen (secondary N) is 1. The Morgan fingerprint density at radius 3 is 2.26 bits per heavy atom. The van der Waals surface area contributed by atoms with E-state index >= 15 is 0 Å². The molecule has 0 fully saturated rings. The normalized spacial score (nSPS) is 11.9. The van der Waals surface area contributed by atoms with E-state index in [0.29, 0.717) is 31.0 Å². The average Bonchev–Trinajstić information content (AvgIpc) is 2.96. The summed E-state index contributed by atoms with van der Waals surface area (Å²) >= 11 is 3.50. The second-order valence-corrected chi connectivity index (χ2v) is 12.8. The van der Waals surface area contributed by atoms with Gasteiger partial charge in [-0.05, 0) is 67.3 Å². The van der Waals surface area contributed by atoms with Gasteiger partial charge in [-0.25, -0.2) is 8.42 Å². The van der Waals surface area contributed by atoms with E-state index in [1.807, 2.05) is 68.4 Å². The molecule has 3 aromatic carbocycles. The van der Waals surface area contributed by atoms with Crippen LogP contribution in [0, 0.1) is 0 Å². The zero-order chi connectivity index (χ0) is 30.5. The van der Waals surface area contributed by atoms with Crippen LogP contribution in [-0.2, 0) is 32.6 Å². The van der Waals surface area contributed by atoms with E-state index in [-0.39, 0.29) is 37.7 Å². The summed E-state index contributed by atoms with van der Waals surface area (Å²) in [6.07, 6.45) is 2.64. The first kappa shape index (κ1) is 33.1. The minimum absolute atomic E-state index is 0.0728. The summed E-state index contributed by atoms with van der Waals surface area (Å²) in [5.74, 6) is 0.220. The van der Waals surface area contributed by atoms with Crippen molar-refractivity contribution in [3.05, 3.63) is 94.5 Å². The largest absolute Gasteiger partial charge is 0.494 e. The number of sulfonamides is 1. The molecule has 0 heterocycles. The van der Waals surface area contributed by atoms with Crippen LogP contribution in [-0.4, -0.2) is 57.1 Å². The summed E-state index contributed by atoms with van der Waals surface area (Å²) in [5.41, 5.74) is 2.33. The molecule has 0 spiro atoms. The maximum absolute atomic E-state index is 13.9. The SMILES string of the molecule is CCCNC(=O)[C@H](Cc1ccccc1)N(Cc1cccc(Br)c1)C(=O)CCCN(c1ccc(OCC)cc1)S(C)(=O)=O. The maximum Gasteiger partial charge on any atom is 0.243 e. The summed E-state index contributed by atoms with van der Waals surface area (Å²) in [4.78, 5) is 29.0. The van der Waals surface area contributed by atoms with Crippen LogP contribution in [0.15, 0.2) is 83.3 Å². The smallest absolute Gasteiger partial charge is 0.243 e. The molecule has 0 aliphatic carbocycles. The van der Waals surface area contributed by atoms with Gasteiger partial charge in [0.15, 0.2) is 0 Å². The first-order chi connectivity index (χ1) is 20.1. The zero-order valence-corrected chi connectivity index (χ0v) is 26.9. The van der Waals surface area contributed by atoms with Crippen molar-refractivity contribution in [3.8, 4) is 5.75 Å². The highest BCUT2D eigenvalue weighted by Gasteiger charge is 2.30. The third kappa shape index (κ3) is 10.2. The van der Waals surface area contributed by atoms with Gasteiger partial charge in [-0.3, -0.25) is 13.9 Å². The van der Waals surface area contributed by atoms with Crippen molar-refractivity contribution in [2.24, 2.45) is 0 Å². The van der Waals surface area contributed by atoms with E-state index in [1.165, 1.54) is 4.31 Å². The van der Waals surface area contributed by atoms with E-state index < -0.39 is 16.1 Å². The van der Waals surface area contributed by atoms with Crippen molar-refractivity contribution in [2.75, 3.05) is 30.3 Å². The predicted molar refractivity (Wildman–Crippen MR) is 171 cm³/mol. The molecule has 0 aliphatic heterocycles. The predicted octanol–water partition coefficient (Wildman–Crippen LogP) is 5.56. The number of benzene rings is 3. The number of hydrogen-bond donors (Lipinski definition) is 1.